The standard InChI is InChI=1S/C22H29NO3S/c1-15-11-16(7-9-26-15)14-23-8-6-17-12-19(24-2)20(25-3)13-18(17)22(23)21-5-4-10-27-21/h4-5,10,12-13,15-16,22H,6-9,11,14H2,1-3H3/t15-,16+,22-/m1/s1. The highest BCUT2D eigenvalue weighted by Crippen LogP contribution is 2.42. The maximum Gasteiger partial charge on any atom is 0.161 e. The van der Waals surface area contributed by atoms with E-state index in [-0.39, 0.29) is 0 Å². The monoisotopic (exact) mass is 387 g/mol. The molecular formula is C22H29NO3S. The Labute approximate surface area is 166 Å². The fourth-order valence-corrected chi connectivity index (χ4v) is 5.44. The molecule has 0 amide bonds. The topological polar surface area (TPSA) is 30.9 Å². The molecule has 4 rings (SSSR count). The number of methoxy groups -OCH3 is 2. The molecule has 5 heteroatoms. The van der Waals surface area contributed by atoms with Crippen LogP contribution in [-0.4, -0.2) is 44.9 Å². The zero-order valence-electron chi connectivity index (χ0n) is 16.4. The van der Waals surface area contributed by atoms with Crippen molar-refractivity contribution in [1.82, 2.24) is 4.90 Å². The molecule has 1 aromatic carbocycles. The van der Waals surface area contributed by atoms with Crippen LogP contribution in [0.15, 0.2) is 29.6 Å². The number of rotatable bonds is 5. The van der Waals surface area contributed by atoms with Crippen LogP contribution in [0.1, 0.15) is 41.8 Å². The number of thiophene rings is 1. The Morgan fingerprint density at radius 2 is 2.04 bits per heavy atom. The summed E-state index contributed by atoms with van der Waals surface area (Å²) >= 11 is 1.84. The van der Waals surface area contributed by atoms with Gasteiger partial charge in [-0.25, -0.2) is 0 Å². The fourth-order valence-electron chi connectivity index (χ4n) is 4.56. The van der Waals surface area contributed by atoms with Crippen LogP contribution in [0.2, 0.25) is 0 Å². The molecule has 0 saturated carbocycles. The van der Waals surface area contributed by atoms with Gasteiger partial charge in [0.2, 0.25) is 0 Å². The van der Waals surface area contributed by atoms with Gasteiger partial charge in [-0.2, -0.15) is 0 Å². The third-order valence-corrected chi connectivity index (χ3v) is 6.80. The summed E-state index contributed by atoms with van der Waals surface area (Å²) in [7, 11) is 3.43. The average molecular weight is 388 g/mol. The van der Waals surface area contributed by atoms with Crippen LogP contribution in [-0.2, 0) is 11.2 Å². The quantitative estimate of drug-likeness (QED) is 0.754. The molecule has 0 bridgehead atoms. The van der Waals surface area contributed by atoms with Crippen molar-refractivity contribution in [1.29, 1.82) is 0 Å². The van der Waals surface area contributed by atoms with Crippen molar-refractivity contribution >= 4 is 11.3 Å². The molecule has 3 heterocycles. The van der Waals surface area contributed by atoms with E-state index in [9.17, 15) is 0 Å². The van der Waals surface area contributed by atoms with Gasteiger partial charge in [0.05, 0.1) is 26.4 Å². The maximum absolute atomic E-state index is 5.76. The van der Waals surface area contributed by atoms with Gasteiger partial charge in [0.15, 0.2) is 11.5 Å². The van der Waals surface area contributed by atoms with E-state index in [1.807, 2.05) is 11.3 Å². The van der Waals surface area contributed by atoms with Crippen LogP contribution < -0.4 is 9.47 Å². The van der Waals surface area contributed by atoms with Crippen molar-refractivity contribution in [2.24, 2.45) is 5.92 Å². The average Bonchev–Trinajstić information content (AvgIpc) is 3.21. The van der Waals surface area contributed by atoms with Crippen LogP contribution >= 0.6 is 11.3 Å². The summed E-state index contributed by atoms with van der Waals surface area (Å²) in [4.78, 5) is 4.08. The predicted molar refractivity (Wildman–Crippen MR) is 109 cm³/mol. The molecule has 2 aromatic rings. The first-order chi connectivity index (χ1) is 13.2. The summed E-state index contributed by atoms with van der Waals surface area (Å²) in [6, 6.07) is 9.08. The molecule has 1 aromatic heterocycles. The second kappa shape index (κ2) is 8.21. The summed E-state index contributed by atoms with van der Waals surface area (Å²) in [6.45, 7) is 5.30. The van der Waals surface area contributed by atoms with Gasteiger partial charge in [-0.1, -0.05) is 6.07 Å². The molecule has 4 nitrogen and oxygen atoms in total. The molecule has 0 unspecified atom stereocenters. The highest BCUT2D eigenvalue weighted by atomic mass is 32.1. The molecule has 2 aliphatic heterocycles. The zero-order chi connectivity index (χ0) is 18.8. The van der Waals surface area contributed by atoms with E-state index in [1.54, 1.807) is 14.2 Å². The van der Waals surface area contributed by atoms with Crippen LogP contribution in [0.25, 0.3) is 0 Å². The molecule has 0 aliphatic carbocycles. The molecular weight excluding hydrogens is 358 g/mol. The van der Waals surface area contributed by atoms with E-state index in [0.29, 0.717) is 18.1 Å². The Morgan fingerprint density at radius 3 is 2.74 bits per heavy atom. The predicted octanol–water partition coefficient (Wildman–Crippen LogP) is 4.53. The van der Waals surface area contributed by atoms with Crippen molar-refractivity contribution in [2.75, 3.05) is 33.9 Å². The Kier molecular flexibility index (Phi) is 5.71. The molecule has 0 N–H and O–H groups in total. The smallest absolute Gasteiger partial charge is 0.161 e. The SMILES string of the molecule is COc1cc2c(cc1OC)[C@H](c1cccs1)N(C[C@H]1CCO[C@H](C)C1)CC2. The van der Waals surface area contributed by atoms with Gasteiger partial charge in [-0.15, -0.1) is 11.3 Å². The first kappa shape index (κ1) is 18.8. The molecule has 146 valence electrons. The molecule has 1 saturated heterocycles. The summed E-state index contributed by atoms with van der Waals surface area (Å²) in [5.74, 6) is 2.35. The van der Waals surface area contributed by atoms with E-state index in [0.717, 1.165) is 50.5 Å². The molecule has 1 fully saturated rings. The first-order valence-corrected chi connectivity index (χ1v) is 10.7. The van der Waals surface area contributed by atoms with Crippen molar-refractivity contribution in [2.45, 2.75) is 38.3 Å². The normalized spacial score (nSPS) is 25.8. The lowest BCUT2D eigenvalue weighted by atomic mass is 9.88. The Morgan fingerprint density at radius 1 is 1.22 bits per heavy atom. The van der Waals surface area contributed by atoms with Crippen molar-refractivity contribution in [3.8, 4) is 11.5 Å². The number of nitrogens with zero attached hydrogens (tertiary/aromatic N) is 1. The molecule has 0 radical (unpaired) electrons. The van der Waals surface area contributed by atoms with E-state index in [1.165, 1.54) is 16.0 Å². The minimum Gasteiger partial charge on any atom is -0.493 e. The highest BCUT2D eigenvalue weighted by molar-refractivity contribution is 7.10. The van der Waals surface area contributed by atoms with Gasteiger partial charge in [0.1, 0.15) is 0 Å². The molecule has 2 aliphatic rings. The zero-order valence-corrected chi connectivity index (χ0v) is 17.3. The summed E-state index contributed by atoms with van der Waals surface area (Å²) in [5, 5.41) is 2.18. The Bertz CT molecular complexity index is 761. The van der Waals surface area contributed by atoms with E-state index >= 15 is 0 Å². The lowest BCUT2D eigenvalue weighted by Crippen LogP contribution is -2.41. The number of hydrogen-bond acceptors (Lipinski definition) is 5. The summed E-state index contributed by atoms with van der Waals surface area (Å²) in [5.41, 5.74) is 2.74. The van der Waals surface area contributed by atoms with Gasteiger partial charge < -0.3 is 14.2 Å². The number of benzene rings is 1. The summed E-state index contributed by atoms with van der Waals surface area (Å²) < 4.78 is 16.9. The third kappa shape index (κ3) is 3.86. The minimum absolute atomic E-state index is 0.298. The summed E-state index contributed by atoms with van der Waals surface area (Å²) in [6.07, 6.45) is 3.75. The van der Waals surface area contributed by atoms with Gasteiger partial charge in [0, 0.05) is 24.6 Å². The van der Waals surface area contributed by atoms with E-state index in [2.05, 4.69) is 41.5 Å². The van der Waals surface area contributed by atoms with Crippen LogP contribution in [0.4, 0.5) is 0 Å². The van der Waals surface area contributed by atoms with Crippen LogP contribution in [0.5, 0.6) is 11.5 Å². The van der Waals surface area contributed by atoms with E-state index < -0.39 is 0 Å². The number of ether oxygens (including phenoxy) is 3. The largest absolute Gasteiger partial charge is 0.493 e. The molecule has 0 spiro atoms. The van der Waals surface area contributed by atoms with Crippen molar-refractivity contribution in [3.63, 3.8) is 0 Å². The van der Waals surface area contributed by atoms with Gasteiger partial charge in [-0.3, -0.25) is 4.90 Å². The van der Waals surface area contributed by atoms with Crippen molar-refractivity contribution < 1.29 is 14.2 Å². The second-order valence-corrected chi connectivity index (χ2v) is 8.62. The van der Waals surface area contributed by atoms with Crippen LogP contribution in [0, 0.1) is 5.92 Å². The maximum atomic E-state index is 5.76. The fraction of sp³-hybridized carbons (Fsp3) is 0.545. The third-order valence-electron chi connectivity index (χ3n) is 5.87. The lowest BCUT2D eigenvalue weighted by molar-refractivity contribution is -0.00829. The Balaban J connectivity index is 1.68. The lowest BCUT2D eigenvalue weighted by Gasteiger charge is -2.40. The number of hydrogen-bond donors (Lipinski definition) is 0. The Hall–Kier alpha value is -1.56. The van der Waals surface area contributed by atoms with Gasteiger partial charge in [-0.05, 0) is 66.8 Å². The van der Waals surface area contributed by atoms with Gasteiger partial charge >= 0.3 is 0 Å². The van der Waals surface area contributed by atoms with Crippen LogP contribution in [0.3, 0.4) is 0 Å². The van der Waals surface area contributed by atoms with Crippen molar-refractivity contribution in [3.05, 3.63) is 45.6 Å². The molecule has 27 heavy (non-hydrogen) atoms. The highest BCUT2D eigenvalue weighted by Gasteiger charge is 2.33. The second-order valence-electron chi connectivity index (χ2n) is 7.64. The number of fused-ring (bicyclic) bond motifs is 1. The van der Waals surface area contributed by atoms with E-state index in [4.69, 9.17) is 14.2 Å². The van der Waals surface area contributed by atoms with Gasteiger partial charge in [0.25, 0.3) is 0 Å². The first-order valence-electron chi connectivity index (χ1n) is 9.83. The minimum atomic E-state index is 0.298. The molecule has 3 atom stereocenters.